The highest BCUT2D eigenvalue weighted by Gasteiger charge is 2.37. The molecular formula is C4H5O8P. The molecule has 0 saturated carbocycles. The molecule has 0 aliphatic rings. The molecule has 0 bridgehead atoms. The normalized spacial score (nSPS) is 16.0. The maximum Gasteiger partial charge on any atom is 0.489 e. The summed E-state index contributed by atoms with van der Waals surface area (Å²) in [5.41, 5.74) is 0. The second kappa shape index (κ2) is 4.83. The van der Waals surface area contributed by atoms with Crippen LogP contribution in [0.5, 0.6) is 0 Å². The maximum absolute atomic E-state index is 10.2. The van der Waals surface area contributed by atoms with E-state index in [2.05, 4.69) is 4.52 Å². The Balaban J connectivity index is 4.51. The van der Waals surface area contributed by atoms with Gasteiger partial charge in [0.15, 0.2) is 6.10 Å². The molecule has 0 saturated heterocycles. The van der Waals surface area contributed by atoms with E-state index in [1.165, 1.54) is 0 Å². The van der Waals surface area contributed by atoms with Crippen LogP contribution < -0.4 is 4.89 Å². The summed E-state index contributed by atoms with van der Waals surface area (Å²) < 4.78 is 13.5. The molecule has 1 unspecified atom stereocenters. The van der Waals surface area contributed by atoms with Crippen molar-refractivity contribution in [3.05, 3.63) is 0 Å². The van der Waals surface area contributed by atoms with Crippen molar-refractivity contribution < 1.29 is 38.9 Å². The van der Waals surface area contributed by atoms with Crippen molar-refractivity contribution >= 4 is 20.2 Å². The molecule has 0 radical (unpaired) electrons. The predicted octanol–water partition coefficient (Wildman–Crippen LogP) is -2.08. The van der Waals surface area contributed by atoms with Crippen LogP contribution in [0.25, 0.3) is 0 Å². The number of hydrogen-bond donors (Lipinski definition) is 3. The van der Waals surface area contributed by atoms with Crippen molar-refractivity contribution in [2.45, 2.75) is 12.2 Å². The van der Waals surface area contributed by atoms with Crippen molar-refractivity contribution in [3.63, 3.8) is 0 Å². The lowest BCUT2D eigenvalue weighted by Crippen LogP contribution is -2.40. The van der Waals surface area contributed by atoms with Gasteiger partial charge in [-0.25, -0.2) is 9.59 Å². The standard InChI is InChI=1S/C4H5O8P/c5-1(3(6)7)2(4(8)9)12-13(10)11/h1-2,5H,(H,6,7)(H,8,9)/t1-,2-/m0/s1. The molecule has 0 aliphatic heterocycles. The smallest absolute Gasteiger partial charge is 0.489 e. The highest BCUT2D eigenvalue weighted by molar-refractivity contribution is 7.30. The molecule has 0 rings (SSSR count). The van der Waals surface area contributed by atoms with Gasteiger partial charge in [0.2, 0.25) is 6.10 Å². The van der Waals surface area contributed by atoms with Crippen LogP contribution in [0.2, 0.25) is 0 Å². The minimum atomic E-state index is -3.53. The second-order valence-electron chi connectivity index (χ2n) is 1.87. The van der Waals surface area contributed by atoms with Crippen LogP contribution in [0.3, 0.4) is 0 Å². The summed E-state index contributed by atoms with van der Waals surface area (Å²) in [7, 11) is -3.53. The van der Waals surface area contributed by atoms with E-state index >= 15 is 0 Å². The van der Waals surface area contributed by atoms with E-state index < -0.39 is 32.4 Å². The molecule has 3 atom stereocenters. The van der Waals surface area contributed by atoms with Crippen LogP contribution in [0.15, 0.2) is 0 Å². The summed E-state index contributed by atoms with van der Waals surface area (Å²) in [5.74, 6) is -3.77. The molecule has 0 aliphatic carbocycles. The summed E-state index contributed by atoms with van der Waals surface area (Å²) in [6.45, 7) is 0. The first-order valence-electron chi connectivity index (χ1n) is 2.81. The first-order valence-corrected chi connectivity index (χ1v) is 3.90. The quantitative estimate of drug-likeness (QED) is 0.440. The molecule has 3 N–H and O–H groups in total. The van der Waals surface area contributed by atoms with Gasteiger partial charge in [0.25, 0.3) is 0 Å². The van der Waals surface area contributed by atoms with Crippen LogP contribution in [0.1, 0.15) is 0 Å². The molecule has 0 heterocycles. The van der Waals surface area contributed by atoms with Gasteiger partial charge in [0.05, 0.1) is 0 Å². The fourth-order valence-corrected chi connectivity index (χ4v) is 0.851. The fourth-order valence-electron chi connectivity index (χ4n) is 0.460. The van der Waals surface area contributed by atoms with Gasteiger partial charge in [-0.3, -0.25) is 0 Å². The van der Waals surface area contributed by atoms with Crippen molar-refractivity contribution in [3.8, 4) is 0 Å². The Kier molecular flexibility index (Phi) is 4.43. The van der Waals surface area contributed by atoms with Crippen LogP contribution >= 0.6 is 8.25 Å². The van der Waals surface area contributed by atoms with Crippen LogP contribution in [0, 0.1) is 0 Å². The Labute approximate surface area is 72.3 Å². The molecule has 0 amide bonds. The highest BCUT2D eigenvalue weighted by atomic mass is 31.1. The SMILES string of the molecule is O=C(O)[C@@H](O)[C@H](O[P+](=O)[O-])C(=O)O. The third kappa shape index (κ3) is 3.90. The Morgan fingerprint density at radius 3 is 2.00 bits per heavy atom. The molecule has 13 heavy (non-hydrogen) atoms. The minimum Gasteiger partial charge on any atom is -0.566 e. The topological polar surface area (TPSA) is 144 Å². The zero-order chi connectivity index (χ0) is 10.6. The van der Waals surface area contributed by atoms with E-state index in [9.17, 15) is 19.0 Å². The van der Waals surface area contributed by atoms with E-state index in [0.29, 0.717) is 0 Å². The highest BCUT2D eigenvalue weighted by Crippen LogP contribution is 2.16. The predicted molar refractivity (Wildman–Crippen MR) is 33.8 cm³/mol. The average Bonchev–Trinajstić information content (AvgIpc) is 1.97. The first-order chi connectivity index (χ1) is 5.86. The third-order valence-electron chi connectivity index (χ3n) is 0.983. The molecule has 0 aromatic heterocycles. The van der Waals surface area contributed by atoms with Gasteiger partial charge < -0.3 is 20.2 Å². The first kappa shape index (κ1) is 11.9. The third-order valence-corrected chi connectivity index (χ3v) is 1.38. The number of aliphatic hydroxyl groups is 1. The number of hydrogen-bond acceptors (Lipinski definition) is 6. The Morgan fingerprint density at radius 1 is 1.31 bits per heavy atom. The molecule has 9 heteroatoms. The van der Waals surface area contributed by atoms with Gasteiger partial charge in [-0.15, -0.1) is 4.52 Å². The summed E-state index contributed by atoms with van der Waals surface area (Å²) in [4.78, 5) is 30.1. The lowest BCUT2D eigenvalue weighted by atomic mass is 10.2. The van der Waals surface area contributed by atoms with E-state index in [-0.39, 0.29) is 0 Å². The number of aliphatic hydroxyl groups excluding tert-OH is 1. The van der Waals surface area contributed by atoms with E-state index in [0.717, 1.165) is 0 Å². The van der Waals surface area contributed by atoms with Crippen LogP contribution in [0.4, 0.5) is 0 Å². The molecule has 0 aromatic rings. The van der Waals surface area contributed by atoms with Crippen LogP contribution in [-0.4, -0.2) is 39.5 Å². The summed E-state index contributed by atoms with van der Waals surface area (Å²) in [6, 6.07) is 0. The number of carboxylic acid groups (broad SMARTS) is 2. The zero-order valence-corrected chi connectivity index (χ0v) is 6.88. The maximum atomic E-state index is 10.2. The Bertz CT molecular complexity index is 236. The van der Waals surface area contributed by atoms with Gasteiger partial charge in [-0.2, -0.15) is 0 Å². The summed E-state index contributed by atoms with van der Waals surface area (Å²) in [6.07, 6.45) is -4.75. The zero-order valence-electron chi connectivity index (χ0n) is 5.98. The molecule has 0 aromatic carbocycles. The molecule has 74 valence electrons. The fraction of sp³-hybridized carbons (Fsp3) is 0.500. The van der Waals surface area contributed by atoms with Gasteiger partial charge in [-0.1, -0.05) is 0 Å². The Hall–Kier alpha value is -1.08. The number of carboxylic acids is 2. The molecular weight excluding hydrogens is 207 g/mol. The number of rotatable bonds is 5. The summed E-state index contributed by atoms with van der Waals surface area (Å²) in [5, 5.41) is 25.0. The average molecular weight is 212 g/mol. The van der Waals surface area contributed by atoms with Gasteiger partial charge >= 0.3 is 20.2 Å². The lowest BCUT2D eigenvalue weighted by Gasteiger charge is -2.09. The van der Waals surface area contributed by atoms with E-state index in [4.69, 9.17) is 15.3 Å². The van der Waals surface area contributed by atoms with Gasteiger partial charge in [0, 0.05) is 0 Å². The number of aliphatic carboxylic acids is 2. The Morgan fingerprint density at radius 2 is 1.77 bits per heavy atom. The van der Waals surface area contributed by atoms with E-state index in [1.54, 1.807) is 0 Å². The molecule has 0 fully saturated rings. The monoisotopic (exact) mass is 212 g/mol. The van der Waals surface area contributed by atoms with Crippen molar-refractivity contribution in [1.29, 1.82) is 0 Å². The van der Waals surface area contributed by atoms with Gasteiger partial charge in [-0.05, 0) is 4.57 Å². The number of carbonyl (C=O) groups is 2. The largest absolute Gasteiger partial charge is 0.566 e. The molecule has 0 spiro atoms. The lowest BCUT2D eigenvalue weighted by molar-refractivity contribution is -0.198. The van der Waals surface area contributed by atoms with Crippen LogP contribution in [-0.2, 0) is 18.7 Å². The van der Waals surface area contributed by atoms with Gasteiger partial charge in [0.1, 0.15) is 0 Å². The van der Waals surface area contributed by atoms with Crippen molar-refractivity contribution in [2.24, 2.45) is 0 Å². The minimum absolute atomic E-state index is 1.88. The van der Waals surface area contributed by atoms with E-state index in [1.807, 2.05) is 0 Å². The van der Waals surface area contributed by atoms with Crippen molar-refractivity contribution in [1.82, 2.24) is 0 Å². The van der Waals surface area contributed by atoms with Crippen molar-refractivity contribution in [2.75, 3.05) is 0 Å². The summed E-state index contributed by atoms with van der Waals surface area (Å²) >= 11 is 0. The second-order valence-corrected chi connectivity index (χ2v) is 2.53. The molecule has 8 nitrogen and oxygen atoms in total.